The summed E-state index contributed by atoms with van der Waals surface area (Å²) in [4.78, 5) is 31.2. The van der Waals surface area contributed by atoms with Crippen LogP contribution in [0.25, 0.3) is 6.08 Å². The van der Waals surface area contributed by atoms with Crippen molar-refractivity contribution in [2.24, 2.45) is 4.99 Å². The number of likely N-dealkylation sites (N-methyl/N-ethyl adjacent to an activating group) is 1. The summed E-state index contributed by atoms with van der Waals surface area (Å²) in [6.07, 6.45) is 3.48. The molecule has 0 spiro atoms. The van der Waals surface area contributed by atoms with Crippen molar-refractivity contribution in [3.63, 3.8) is 0 Å². The minimum Gasteiger partial charge on any atom is -0.488 e. The number of hydrogen-bond acceptors (Lipinski definition) is 6. The van der Waals surface area contributed by atoms with E-state index in [4.69, 9.17) is 9.47 Å². The molecule has 160 valence electrons. The number of aliphatic imine (C=N–C) groups is 1. The molecular formula is C23H21BrN2O4S. The molecule has 8 heteroatoms. The van der Waals surface area contributed by atoms with E-state index >= 15 is 0 Å². The van der Waals surface area contributed by atoms with Crippen LogP contribution in [0.1, 0.15) is 22.8 Å². The first-order valence-electron chi connectivity index (χ1n) is 9.49. The molecule has 0 aliphatic carbocycles. The maximum absolute atomic E-state index is 12.7. The lowest BCUT2D eigenvalue weighted by molar-refractivity contribution is -0.121. The third-order valence-electron chi connectivity index (χ3n) is 4.20. The van der Waals surface area contributed by atoms with E-state index in [2.05, 4.69) is 27.5 Å². The Kier molecular flexibility index (Phi) is 7.70. The third kappa shape index (κ3) is 5.65. The Morgan fingerprint density at radius 2 is 2.10 bits per heavy atom. The number of rotatable bonds is 7. The highest BCUT2D eigenvalue weighted by atomic mass is 79.9. The number of ether oxygens (including phenoxy) is 2. The molecule has 1 fully saturated rings. The van der Waals surface area contributed by atoms with Crippen LogP contribution in [0.2, 0.25) is 0 Å². The third-order valence-corrected chi connectivity index (χ3v) is 5.88. The fraction of sp³-hybridized carbons (Fsp3) is 0.174. The first-order valence-corrected chi connectivity index (χ1v) is 11.1. The molecule has 2 aromatic rings. The second-order valence-electron chi connectivity index (χ2n) is 6.43. The lowest BCUT2D eigenvalue weighted by atomic mass is 10.2. The van der Waals surface area contributed by atoms with Gasteiger partial charge in [0.25, 0.3) is 5.91 Å². The van der Waals surface area contributed by atoms with E-state index in [1.54, 1.807) is 44.3 Å². The Morgan fingerprint density at radius 1 is 1.29 bits per heavy atom. The van der Waals surface area contributed by atoms with E-state index in [1.807, 2.05) is 24.3 Å². The van der Waals surface area contributed by atoms with Gasteiger partial charge < -0.3 is 9.47 Å². The summed E-state index contributed by atoms with van der Waals surface area (Å²) >= 11 is 4.76. The van der Waals surface area contributed by atoms with Crippen LogP contribution in [-0.4, -0.2) is 42.2 Å². The van der Waals surface area contributed by atoms with Crippen molar-refractivity contribution in [2.75, 3.05) is 20.3 Å². The average Bonchev–Trinajstić information content (AvgIpc) is 3.01. The predicted molar refractivity (Wildman–Crippen MR) is 128 cm³/mol. The van der Waals surface area contributed by atoms with E-state index in [0.29, 0.717) is 40.3 Å². The molecule has 0 N–H and O–H groups in total. The maximum Gasteiger partial charge on any atom is 0.338 e. The summed E-state index contributed by atoms with van der Waals surface area (Å²) in [6.45, 7) is 6.11. The average molecular weight is 501 g/mol. The van der Waals surface area contributed by atoms with Crippen LogP contribution in [0.3, 0.4) is 0 Å². The molecule has 1 heterocycles. The van der Waals surface area contributed by atoms with Gasteiger partial charge in [0, 0.05) is 7.05 Å². The number of hydrogen-bond donors (Lipinski definition) is 0. The summed E-state index contributed by atoms with van der Waals surface area (Å²) in [7, 11) is 1.67. The maximum atomic E-state index is 12.7. The molecule has 3 rings (SSSR count). The molecule has 2 aromatic carbocycles. The van der Waals surface area contributed by atoms with Gasteiger partial charge in [-0.05, 0) is 76.6 Å². The Balaban J connectivity index is 1.82. The molecule has 0 atom stereocenters. The topological polar surface area (TPSA) is 68.2 Å². The van der Waals surface area contributed by atoms with Gasteiger partial charge in [-0.25, -0.2) is 9.79 Å². The highest BCUT2D eigenvalue weighted by Crippen LogP contribution is 2.34. The minimum absolute atomic E-state index is 0.145. The fourth-order valence-corrected chi connectivity index (χ4v) is 4.20. The van der Waals surface area contributed by atoms with Crippen molar-refractivity contribution in [2.45, 2.75) is 6.92 Å². The van der Waals surface area contributed by atoms with Gasteiger partial charge in [0.05, 0.1) is 27.2 Å². The number of carbonyl (C=O) groups excluding carboxylic acids is 2. The van der Waals surface area contributed by atoms with E-state index in [9.17, 15) is 9.59 Å². The largest absolute Gasteiger partial charge is 0.488 e. The highest BCUT2D eigenvalue weighted by molar-refractivity contribution is 9.10. The number of halogens is 1. The Hall–Kier alpha value is -2.84. The van der Waals surface area contributed by atoms with Crippen molar-refractivity contribution in [3.8, 4) is 5.75 Å². The van der Waals surface area contributed by atoms with Crippen molar-refractivity contribution in [1.82, 2.24) is 4.90 Å². The highest BCUT2D eigenvalue weighted by Gasteiger charge is 2.30. The molecule has 6 nitrogen and oxygen atoms in total. The lowest BCUT2D eigenvalue weighted by Crippen LogP contribution is -2.23. The molecule has 0 saturated carbocycles. The number of thioether (sulfide) groups is 1. The zero-order valence-electron chi connectivity index (χ0n) is 17.1. The molecule has 1 aliphatic heterocycles. The first-order chi connectivity index (χ1) is 14.9. The Morgan fingerprint density at radius 3 is 2.81 bits per heavy atom. The summed E-state index contributed by atoms with van der Waals surface area (Å²) in [5, 5.41) is 0.530. The number of carbonyl (C=O) groups is 2. The number of amides is 1. The summed E-state index contributed by atoms with van der Waals surface area (Å²) in [5.41, 5.74) is 1.84. The van der Waals surface area contributed by atoms with Crippen LogP contribution in [-0.2, 0) is 9.53 Å². The summed E-state index contributed by atoms with van der Waals surface area (Å²) in [5.74, 6) is 0.154. The molecule has 1 amide bonds. The van der Waals surface area contributed by atoms with Crippen molar-refractivity contribution < 1.29 is 19.1 Å². The second-order valence-corrected chi connectivity index (χ2v) is 8.29. The second kappa shape index (κ2) is 10.5. The monoisotopic (exact) mass is 500 g/mol. The van der Waals surface area contributed by atoms with Gasteiger partial charge in [-0.3, -0.25) is 9.69 Å². The van der Waals surface area contributed by atoms with Gasteiger partial charge in [0.2, 0.25) is 0 Å². The van der Waals surface area contributed by atoms with Crippen LogP contribution >= 0.6 is 27.7 Å². The lowest BCUT2D eigenvalue weighted by Gasteiger charge is -2.08. The Labute approximate surface area is 193 Å². The van der Waals surface area contributed by atoms with Crippen LogP contribution < -0.4 is 4.74 Å². The first kappa shape index (κ1) is 22.8. The standard InChI is InChI=1S/C23H21BrN2O4S/c1-4-11-30-19-10-9-15(12-18(19)24)13-20-21(27)26(3)23(31-20)25-17-8-6-7-16(14-17)22(28)29-5-2/h4,6-10,12-14H,1,5,11H2,2-3H3. The van der Waals surface area contributed by atoms with Crippen molar-refractivity contribution in [3.05, 3.63) is 75.6 Å². The van der Waals surface area contributed by atoms with Crippen molar-refractivity contribution in [1.29, 1.82) is 0 Å². The molecule has 1 saturated heterocycles. The molecule has 0 radical (unpaired) electrons. The fourth-order valence-electron chi connectivity index (χ4n) is 2.70. The smallest absolute Gasteiger partial charge is 0.338 e. The molecular weight excluding hydrogens is 480 g/mol. The van der Waals surface area contributed by atoms with E-state index in [0.717, 1.165) is 10.0 Å². The van der Waals surface area contributed by atoms with E-state index < -0.39 is 5.97 Å². The minimum atomic E-state index is -0.403. The van der Waals surface area contributed by atoms with Gasteiger partial charge in [-0.2, -0.15) is 0 Å². The zero-order chi connectivity index (χ0) is 22.4. The van der Waals surface area contributed by atoms with Crippen LogP contribution in [0, 0.1) is 0 Å². The van der Waals surface area contributed by atoms with Gasteiger partial charge >= 0.3 is 5.97 Å². The molecule has 0 bridgehead atoms. The van der Waals surface area contributed by atoms with E-state index in [1.165, 1.54) is 16.7 Å². The van der Waals surface area contributed by atoms with Crippen LogP contribution in [0.5, 0.6) is 5.75 Å². The summed E-state index contributed by atoms with van der Waals surface area (Å²) in [6, 6.07) is 12.4. The van der Waals surface area contributed by atoms with Gasteiger partial charge in [-0.1, -0.05) is 24.8 Å². The number of nitrogens with zero attached hydrogens (tertiary/aromatic N) is 2. The zero-order valence-corrected chi connectivity index (χ0v) is 19.5. The number of esters is 1. The molecule has 0 aromatic heterocycles. The predicted octanol–water partition coefficient (Wildman–Crippen LogP) is 5.42. The molecule has 31 heavy (non-hydrogen) atoms. The van der Waals surface area contributed by atoms with Crippen LogP contribution in [0.4, 0.5) is 5.69 Å². The van der Waals surface area contributed by atoms with Crippen molar-refractivity contribution >= 4 is 56.5 Å². The van der Waals surface area contributed by atoms with Gasteiger partial charge in [-0.15, -0.1) is 0 Å². The summed E-state index contributed by atoms with van der Waals surface area (Å²) < 4.78 is 11.4. The van der Waals surface area contributed by atoms with Gasteiger partial charge in [0.15, 0.2) is 5.17 Å². The quantitative estimate of drug-likeness (QED) is 0.288. The number of amidine groups is 1. The number of benzene rings is 2. The Bertz CT molecular complexity index is 1080. The van der Waals surface area contributed by atoms with Gasteiger partial charge in [0.1, 0.15) is 12.4 Å². The normalized spacial score (nSPS) is 16.1. The SMILES string of the molecule is C=CCOc1ccc(C=C2SC(=Nc3cccc(C(=O)OCC)c3)N(C)C2=O)cc1Br. The molecule has 1 aliphatic rings. The molecule has 0 unspecified atom stereocenters. The van der Waals surface area contributed by atoms with Crippen LogP contribution in [0.15, 0.2) is 69.5 Å². The van der Waals surface area contributed by atoms with E-state index in [-0.39, 0.29) is 5.91 Å².